The summed E-state index contributed by atoms with van der Waals surface area (Å²) in [6.45, 7) is 4.97. The fourth-order valence-electron chi connectivity index (χ4n) is 0.450. The van der Waals surface area contributed by atoms with E-state index in [1.807, 2.05) is 0 Å². The monoisotopic (exact) mass is 178 g/mol. The summed E-state index contributed by atoms with van der Waals surface area (Å²) in [5.41, 5.74) is -0.514. The molecule has 0 unspecified atom stereocenters. The van der Waals surface area contributed by atoms with Crippen molar-refractivity contribution in [3.8, 4) is 0 Å². The molecule has 0 aliphatic heterocycles. The smallest absolute Gasteiger partial charge is 0.333 e. The van der Waals surface area contributed by atoms with Crippen LogP contribution in [0.25, 0.3) is 0 Å². The average molecular weight is 178 g/mol. The van der Waals surface area contributed by atoms with Crippen molar-refractivity contribution in [3.05, 3.63) is 0 Å². The van der Waals surface area contributed by atoms with Gasteiger partial charge in [-0.25, -0.2) is 9.36 Å². The maximum absolute atomic E-state index is 10.7. The van der Waals surface area contributed by atoms with E-state index in [4.69, 9.17) is 4.74 Å². The summed E-state index contributed by atoms with van der Waals surface area (Å²) in [7, 11) is -0.504. The number of rotatable bonds is 3. The van der Waals surface area contributed by atoms with Gasteiger partial charge in [-0.15, -0.1) is 0 Å². The van der Waals surface area contributed by atoms with Gasteiger partial charge in [0.15, 0.2) is 6.61 Å². The highest BCUT2D eigenvalue weighted by Gasteiger charge is 2.15. The standard InChI is InChI=1S/C6H11O4P/c1-6(2,3)10-5(7)4-9-11-8/h4H2,1-3H3. The predicted octanol–water partition coefficient (Wildman–Crippen LogP) is 1.55. The van der Waals surface area contributed by atoms with Crippen LogP contribution in [0, 0.1) is 0 Å². The van der Waals surface area contributed by atoms with E-state index in [0.717, 1.165) is 0 Å². The second-order valence-electron chi connectivity index (χ2n) is 2.93. The fourth-order valence-corrected chi connectivity index (χ4v) is 0.608. The van der Waals surface area contributed by atoms with Gasteiger partial charge in [-0.05, 0) is 20.8 Å². The molecule has 0 amide bonds. The summed E-state index contributed by atoms with van der Waals surface area (Å²) in [6, 6.07) is 0. The molecule has 0 aromatic carbocycles. The Bertz CT molecular complexity index is 149. The maximum atomic E-state index is 10.7. The number of ether oxygens (including phenoxy) is 1. The van der Waals surface area contributed by atoms with Gasteiger partial charge in [0.25, 0.3) is 0 Å². The van der Waals surface area contributed by atoms with Crippen LogP contribution in [-0.2, 0) is 18.6 Å². The second kappa shape index (κ2) is 4.42. The average Bonchev–Trinajstić information content (AvgIpc) is 1.79. The van der Waals surface area contributed by atoms with Crippen LogP contribution in [0.2, 0.25) is 0 Å². The van der Waals surface area contributed by atoms with Crippen molar-refractivity contribution in [1.82, 2.24) is 0 Å². The lowest BCUT2D eigenvalue weighted by Crippen LogP contribution is -2.25. The van der Waals surface area contributed by atoms with Crippen LogP contribution >= 0.6 is 8.69 Å². The maximum Gasteiger partial charge on any atom is 0.333 e. The predicted molar refractivity (Wildman–Crippen MR) is 39.4 cm³/mol. The zero-order valence-electron chi connectivity index (χ0n) is 6.79. The highest BCUT2D eigenvalue weighted by molar-refractivity contribution is 7.17. The summed E-state index contributed by atoms with van der Waals surface area (Å²) < 4.78 is 18.9. The van der Waals surface area contributed by atoms with Crippen LogP contribution in [0.1, 0.15) is 20.8 Å². The van der Waals surface area contributed by atoms with E-state index < -0.39 is 20.3 Å². The number of esters is 1. The van der Waals surface area contributed by atoms with Gasteiger partial charge < -0.3 is 4.74 Å². The first-order valence-electron chi connectivity index (χ1n) is 3.12. The quantitative estimate of drug-likeness (QED) is 0.486. The lowest BCUT2D eigenvalue weighted by atomic mass is 10.2. The topological polar surface area (TPSA) is 52.6 Å². The largest absolute Gasteiger partial charge is 0.458 e. The molecule has 0 rings (SSSR count). The highest BCUT2D eigenvalue weighted by atomic mass is 31.1. The first-order valence-corrected chi connectivity index (χ1v) is 3.85. The normalized spacial score (nSPS) is 11.5. The highest BCUT2D eigenvalue weighted by Crippen LogP contribution is 2.07. The zero-order valence-corrected chi connectivity index (χ0v) is 7.68. The Labute approximate surface area is 67.2 Å². The molecule has 0 saturated carbocycles. The van der Waals surface area contributed by atoms with Crippen molar-refractivity contribution in [2.24, 2.45) is 0 Å². The Kier molecular flexibility index (Phi) is 4.23. The Balaban J connectivity index is 3.61. The Morgan fingerprint density at radius 3 is 2.36 bits per heavy atom. The first-order chi connectivity index (χ1) is 4.95. The number of carbonyl (C=O) groups is 1. The lowest BCUT2D eigenvalue weighted by molar-refractivity contribution is -0.157. The third-order valence-electron chi connectivity index (χ3n) is 0.655. The number of carbonyl (C=O) groups excluding carboxylic acids is 1. The molecular weight excluding hydrogens is 167 g/mol. The molecule has 0 aliphatic rings. The number of hydrogen-bond donors (Lipinski definition) is 0. The molecular formula is C6H11O4P. The molecule has 0 aliphatic carbocycles. The molecule has 0 aromatic heterocycles. The summed E-state index contributed by atoms with van der Waals surface area (Å²) in [4.78, 5) is 10.7. The molecule has 0 saturated heterocycles. The molecule has 4 nitrogen and oxygen atoms in total. The Morgan fingerprint density at radius 1 is 1.45 bits per heavy atom. The van der Waals surface area contributed by atoms with Crippen molar-refractivity contribution < 1.29 is 18.6 Å². The zero-order chi connectivity index (χ0) is 8.91. The molecule has 64 valence electrons. The molecule has 0 N–H and O–H groups in total. The van der Waals surface area contributed by atoms with Gasteiger partial charge in [-0.1, -0.05) is 0 Å². The molecule has 0 aromatic rings. The minimum absolute atomic E-state index is 0.275. The molecule has 11 heavy (non-hydrogen) atoms. The molecule has 0 atom stereocenters. The van der Waals surface area contributed by atoms with Crippen LogP contribution in [-0.4, -0.2) is 18.2 Å². The van der Waals surface area contributed by atoms with E-state index in [1.165, 1.54) is 0 Å². The fraction of sp³-hybridized carbons (Fsp3) is 0.833. The molecule has 5 heteroatoms. The Morgan fingerprint density at radius 2 is 2.00 bits per heavy atom. The van der Waals surface area contributed by atoms with E-state index in [1.54, 1.807) is 20.8 Å². The van der Waals surface area contributed by atoms with Crippen molar-refractivity contribution >= 4 is 14.7 Å². The third kappa shape index (κ3) is 7.43. The van der Waals surface area contributed by atoms with Gasteiger partial charge >= 0.3 is 14.7 Å². The van der Waals surface area contributed by atoms with E-state index in [9.17, 15) is 9.36 Å². The van der Waals surface area contributed by atoms with Crippen LogP contribution in [0.3, 0.4) is 0 Å². The van der Waals surface area contributed by atoms with Crippen LogP contribution in [0.5, 0.6) is 0 Å². The van der Waals surface area contributed by atoms with Crippen LogP contribution in [0.4, 0.5) is 0 Å². The molecule has 0 heterocycles. The van der Waals surface area contributed by atoms with Gasteiger partial charge in [-0.3, -0.25) is 4.52 Å². The van der Waals surface area contributed by atoms with Crippen molar-refractivity contribution in [3.63, 3.8) is 0 Å². The lowest BCUT2D eigenvalue weighted by Gasteiger charge is -2.18. The van der Waals surface area contributed by atoms with Gasteiger partial charge in [0, 0.05) is 0 Å². The van der Waals surface area contributed by atoms with Gasteiger partial charge in [-0.2, -0.15) is 0 Å². The van der Waals surface area contributed by atoms with Crippen molar-refractivity contribution in [2.75, 3.05) is 6.61 Å². The summed E-state index contributed by atoms with van der Waals surface area (Å²) in [5.74, 6) is -0.513. The number of hydrogen-bond acceptors (Lipinski definition) is 4. The van der Waals surface area contributed by atoms with Crippen molar-refractivity contribution in [2.45, 2.75) is 26.4 Å². The first kappa shape index (κ1) is 10.5. The molecule has 0 bridgehead atoms. The van der Waals surface area contributed by atoms with Crippen LogP contribution in [0.15, 0.2) is 0 Å². The summed E-state index contributed by atoms with van der Waals surface area (Å²) >= 11 is 0. The van der Waals surface area contributed by atoms with E-state index in [0.29, 0.717) is 0 Å². The third-order valence-corrected chi connectivity index (χ3v) is 0.890. The van der Waals surface area contributed by atoms with Crippen molar-refractivity contribution in [1.29, 1.82) is 0 Å². The molecule has 0 radical (unpaired) electrons. The van der Waals surface area contributed by atoms with E-state index >= 15 is 0 Å². The summed E-state index contributed by atoms with van der Waals surface area (Å²) in [6.07, 6.45) is 0. The minimum Gasteiger partial charge on any atom is -0.458 e. The van der Waals surface area contributed by atoms with Gasteiger partial charge in [0.1, 0.15) is 5.60 Å². The van der Waals surface area contributed by atoms with E-state index in [2.05, 4.69) is 4.52 Å². The molecule has 0 spiro atoms. The van der Waals surface area contributed by atoms with Crippen LogP contribution < -0.4 is 0 Å². The minimum atomic E-state index is -0.514. The second-order valence-corrected chi connectivity index (χ2v) is 3.34. The van der Waals surface area contributed by atoms with Gasteiger partial charge in [0.2, 0.25) is 0 Å². The van der Waals surface area contributed by atoms with E-state index in [-0.39, 0.29) is 6.61 Å². The molecule has 0 fully saturated rings. The SMILES string of the molecule is CC(C)(C)OC(=O)COP=O. The Hall–Kier alpha value is -0.470. The van der Waals surface area contributed by atoms with Gasteiger partial charge in [0.05, 0.1) is 0 Å². The summed E-state index contributed by atoms with van der Waals surface area (Å²) in [5, 5.41) is 0.